The van der Waals surface area contributed by atoms with Crippen molar-refractivity contribution >= 4 is 0 Å². The summed E-state index contributed by atoms with van der Waals surface area (Å²) in [6.07, 6.45) is 4.21. The first-order valence-corrected chi connectivity index (χ1v) is 11.0. The molecule has 2 aromatic carbocycles. The van der Waals surface area contributed by atoms with Gasteiger partial charge in [-0.15, -0.1) is 9.36 Å². The standard InChI is InChI=1S/C26H36N3/c1-17(2)21-11-9-12-22(18(3)4)25(21)28-15-16-29(27-28)26-23(19(5)6)13-10-14-24(26)20(7)8/h9-20H,1-8H3/q+1. The van der Waals surface area contributed by atoms with Crippen LogP contribution in [0.4, 0.5) is 0 Å². The maximum atomic E-state index is 5.06. The molecule has 29 heavy (non-hydrogen) atoms. The van der Waals surface area contributed by atoms with Crippen LogP contribution in [0.1, 0.15) is 101 Å². The van der Waals surface area contributed by atoms with Crippen LogP contribution in [0.25, 0.3) is 11.4 Å². The van der Waals surface area contributed by atoms with Gasteiger partial charge in [-0.25, -0.2) is 0 Å². The normalized spacial score (nSPS) is 12.0. The summed E-state index contributed by atoms with van der Waals surface area (Å²) in [5.74, 6) is 1.76. The van der Waals surface area contributed by atoms with Crippen LogP contribution in [0.15, 0.2) is 48.8 Å². The van der Waals surface area contributed by atoms with Gasteiger partial charge in [0.15, 0.2) is 23.8 Å². The zero-order valence-electron chi connectivity index (χ0n) is 19.3. The van der Waals surface area contributed by atoms with E-state index in [2.05, 4.69) is 114 Å². The molecular formula is C26H36N3+. The van der Waals surface area contributed by atoms with Gasteiger partial charge in [0.2, 0.25) is 0 Å². The molecule has 0 aliphatic heterocycles. The molecule has 0 radical (unpaired) electrons. The second-order valence-corrected chi connectivity index (χ2v) is 9.27. The van der Waals surface area contributed by atoms with Gasteiger partial charge in [-0.1, -0.05) is 91.8 Å². The molecule has 0 bridgehead atoms. The van der Waals surface area contributed by atoms with Crippen LogP contribution in [-0.4, -0.2) is 9.90 Å². The van der Waals surface area contributed by atoms with E-state index in [1.165, 1.54) is 33.6 Å². The number of rotatable bonds is 6. The molecule has 3 aromatic rings. The van der Waals surface area contributed by atoms with E-state index in [0.29, 0.717) is 23.7 Å². The average molecular weight is 391 g/mol. The number of para-hydroxylation sites is 2. The second-order valence-electron chi connectivity index (χ2n) is 9.27. The Balaban J connectivity index is 2.23. The summed E-state index contributed by atoms with van der Waals surface area (Å²) in [6, 6.07) is 13.3. The smallest absolute Gasteiger partial charge is 0.101 e. The summed E-state index contributed by atoms with van der Waals surface area (Å²) in [6.45, 7) is 18.0. The summed E-state index contributed by atoms with van der Waals surface area (Å²) in [5, 5.41) is 5.06. The number of benzene rings is 2. The summed E-state index contributed by atoms with van der Waals surface area (Å²) < 4.78 is 4.15. The van der Waals surface area contributed by atoms with Gasteiger partial charge in [0.25, 0.3) is 0 Å². The largest absolute Gasteiger partial charge is 0.162 e. The lowest BCUT2D eigenvalue weighted by atomic mass is 9.93. The first kappa shape index (κ1) is 21.3. The Labute approximate surface area is 176 Å². The molecular weight excluding hydrogens is 354 g/mol. The Bertz CT molecular complexity index is 847. The maximum absolute atomic E-state index is 5.06. The van der Waals surface area contributed by atoms with Gasteiger partial charge in [-0.05, 0) is 23.7 Å². The van der Waals surface area contributed by atoms with E-state index in [9.17, 15) is 0 Å². The van der Waals surface area contributed by atoms with Crippen molar-refractivity contribution in [3.63, 3.8) is 0 Å². The average Bonchev–Trinajstić information content (AvgIpc) is 3.15. The van der Waals surface area contributed by atoms with E-state index in [0.717, 1.165) is 0 Å². The first-order valence-electron chi connectivity index (χ1n) is 11.0. The number of nitrogens with zero attached hydrogens (tertiary/aromatic N) is 3. The van der Waals surface area contributed by atoms with Crippen LogP contribution in [0, 0.1) is 0 Å². The van der Waals surface area contributed by atoms with Crippen molar-refractivity contribution in [3.05, 3.63) is 71.0 Å². The first-order chi connectivity index (χ1) is 13.7. The lowest BCUT2D eigenvalue weighted by Gasteiger charge is -2.16. The Hall–Kier alpha value is -2.42. The van der Waals surface area contributed by atoms with Crippen LogP contribution in [0.3, 0.4) is 0 Å². The molecule has 1 heterocycles. The zero-order valence-corrected chi connectivity index (χ0v) is 19.3. The molecule has 0 aliphatic rings. The lowest BCUT2D eigenvalue weighted by molar-refractivity contribution is -0.662. The van der Waals surface area contributed by atoms with Gasteiger partial charge in [0, 0.05) is 22.3 Å². The molecule has 154 valence electrons. The van der Waals surface area contributed by atoms with E-state index in [1.54, 1.807) is 0 Å². The maximum Gasteiger partial charge on any atom is 0.162 e. The molecule has 0 saturated heterocycles. The molecule has 0 N–H and O–H groups in total. The molecule has 0 amide bonds. The van der Waals surface area contributed by atoms with Gasteiger partial charge in [0.1, 0.15) is 5.21 Å². The minimum Gasteiger partial charge on any atom is -0.101 e. The Kier molecular flexibility index (Phi) is 6.26. The van der Waals surface area contributed by atoms with Crippen molar-refractivity contribution in [2.45, 2.75) is 79.1 Å². The lowest BCUT2D eigenvalue weighted by Crippen LogP contribution is -2.36. The topological polar surface area (TPSA) is 21.7 Å². The van der Waals surface area contributed by atoms with Crippen molar-refractivity contribution in [1.82, 2.24) is 9.90 Å². The molecule has 0 saturated carbocycles. The summed E-state index contributed by atoms with van der Waals surface area (Å²) in [4.78, 5) is 0. The zero-order chi connectivity index (χ0) is 21.3. The number of hydrogen-bond acceptors (Lipinski definition) is 1. The van der Waals surface area contributed by atoms with E-state index in [1.807, 2.05) is 0 Å². The fourth-order valence-corrected chi connectivity index (χ4v) is 4.08. The van der Waals surface area contributed by atoms with Crippen LogP contribution in [-0.2, 0) is 0 Å². The van der Waals surface area contributed by atoms with Gasteiger partial charge >= 0.3 is 0 Å². The minimum atomic E-state index is 0.440. The third-order valence-electron chi connectivity index (χ3n) is 5.68. The van der Waals surface area contributed by atoms with Gasteiger partial charge < -0.3 is 0 Å². The number of hydrogen-bond donors (Lipinski definition) is 0. The highest BCUT2D eigenvalue weighted by molar-refractivity contribution is 5.50. The van der Waals surface area contributed by atoms with E-state index in [4.69, 9.17) is 5.21 Å². The number of aromatic nitrogens is 3. The van der Waals surface area contributed by atoms with Crippen LogP contribution >= 0.6 is 0 Å². The minimum absolute atomic E-state index is 0.440. The van der Waals surface area contributed by atoms with Crippen LogP contribution in [0.5, 0.6) is 0 Å². The molecule has 3 nitrogen and oxygen atoms in total. The summed E-state index contributed by atoms with van der Waals surface area (Å²) in [7, 11) is 0. The van der Waals surface area contributed by atoms with Gasteiger partial charge in [-0.3, -0.25) is 0 Å². The highest BCUT2D eigenvalue weighted by Crippen LogP contribution is 2.31. The van der Waals surface area contributed by atoms with Crippen molar-refractivity contribution in [2.75, 3.05) is 0 Å². The molecule has 1 aromatic heterocycles. The molecule has 0 fully saturated rings. The van der Waals surface area contributed by atoms with E-state index >= 15 is 0 Å². The predicted octanol–water partition coefficient (Wildman–Crippen LogP) is 6.64. The third-order valence-corrected chi connectivity index (χ3v) is 5.68. The van der Waals surface area contributed by atoms with Crippen molar-refractivity contribution in [1.29, 1.82) is 0 Å². The monoisotopic (exact) mass is 390 g/mol. The fourth-order valence-electron chi connectivity index (χ4n) is 4.08. The summed E-state index contributed by atoms with van der Waals surface area (Å²) >= 11 is 0. The van der Waals surface area contributed by atoms with Crippen molar-refractivity contribution in [3.8, 4) is 11.4 Å². The Morgan fingerprint density at radius 2 is 1.07 bits per heavy atom. The third kappa shape index (κ3) is 4.14. The fraction of sp³-hybridized carbons (Fsp3) is 0.462. The second kappa shape index (κ2) is 8.52. The van der Waals surface area contributed by atoms with E-state index in [-0.39, 0.29) is 0 Å². The van der Waals surface area contributed by atoms with Crippen molar-refractivity contribution in [2.24, 2.45) is 0 Å². The molecule has 0 spiro atoms. The van der Waals surface area contributed by atoms with Gasteiger partial charge in [-0.2, -0.15) is 0 Å². The summed E-state index contributed by atoms with van der Waals surface area (Å²) in [5.41, 5.74) is 7.81. The molecule has 3 heteroatoms. The molecule has 0 aliphatic carbocycles. The predicted molar refractivity (Wildman–Crippen MR) is 121 cm³/mol. The van der Waals surface area contributed by atoms with Crippen LogP contribution < -0.4 is 4.68 Å². The SMILES string of the molecule is CC(C)c1cccc(C(C)C)c1-n1cc[n+](-c2c(C(C)C)cccc2C(C)C)n1. The van der Waals surface area contributed by atoms with Gasteiger partial charge in [0.05, 0.1) is 0 Å². The Morgan fingerprint density at radius 1 is 0.655 bits per heavy atom. The highest BCUT2D eigenvalue weighted by atomic mass is 15.5. The Morgan fingerprint density at radius 3 is 1.48 bits per heavy atom. The highest BCUT2D eigenvalue weighted by Gasteiger charge is 2.25. The molecule has 3 rings (SSSR count). The van der Waals surface area contributed by atoms with Crippen LogP contribution in [0.2, 0.25) is 0 Å². The quantitative estimate of drug-likeness (QED) is 0.432. The van der Waals surface area contributed by atoms with E-state index < -0.39 is 0 Å². The molecule has 0 atom stereocenters. The molecule has 0 unspecified atom stereocenters. The van der Waals surface area contributed by atoms with Crippen molar-refractivity contribution < 1.29 is 4.68 Å².